The second kappa shape index (κ2) is 11.4. The van der Waals surface area contributed by atoms with Gasteiger partial charge in [0.05, 0.1) is 27.6 Å². The highest BCUT2D eigenvalue weighted by Gasteiger charge is 2.24. The van der Waals surface area contributed by atoms with Gasteiger partial charge in [0.25, 0.3) is 0 Å². The molecule has 0 aliphatic heterocycles. The Balaban J connectivity index is 1.01. The predicted molar refractivity (Wildman–Crippen MR) is 233 cm³/mol. The molecule has 6 nitrogen and oxygen atoms in total. The first kappa shape index (κ1) is 30.5. The van der Waals surface area contributed by atoms with Crippen LogP contribution >= 0.6 is 0 Å². The number of hydrogen-bond donors (Lipinski definition) is 0. The van der Waals surface area contributed by atoms with Crippen molar-refractivity contribution in [3.8, 4) is 28.2 Å². The molecule has 8 aromatic carbocycles. The van der Waals surface area contributed by atoms with Crippen molar-refractivity contribution in [2.45, 2.75) is 0 Å². The number of imidazole rings is 2. The fraction of sp³-hybridized carbons (Fsp3) is 0. The smallest absolute Gasteiger partial charge is 0.222 e. The summed E-state index contributed by atoms with van der Waals surface area (Å²) in [4.78, 5) is 5.48. The lowest BCUT2D eigenvalue weighted by Crippen LogP contribution is -1.97. The van der Waals surface area contributed by atoms with Crippen molar-refractivity contribution in [2.75, 3.05) is 0 Å². The average Bonchev–Trinajstić information content (AvgIpc) is 4.06. The van der Waals surface area contributed by atoms with Crippen LogP contribution in [0.3, 0.4) is 0 Å². The van der Waals surface area contributed by atoms with Crippen LogP contribution in [0, 0.1) is 0 Å². The Morgan fingerprint density at radius 1 is 0.386 bits per heavy atom. The zero-order valence-electron chi connectivity index (χ0n) is 30.5. The van der Waals surface area contributed by atoms with Gasteiger partial charge >= 0.3 is 0 Å². The summed E-state index contributed by atoms with van der Waals surface area (Å²) in [5, 5.41) is 5.83. The molecule has 5 aromatic heterocycles. The lowest BCUT2D eigenvalue weighted by molar-refractivity contribution is 0.670. The van der Waals surface area contributed by atoms with Gasteiger partial charge in [0.1, 0.15) is 16.7 Å². The Morgan fingerprint density at radius 2 is 1.00 bits per heavy atom. The van der Waals surface area contributed by atoms with Crippen LogP contribution in [0.2, 0.25) is 0 Å². The number of aromatic nitrogens is 5. The van der Waals surface area contributed by atoms with Crippen molar-refractivity contribution >= 4 is 82.6 Å². The topological polar surface area (TPSA) is 45.2 Å². The Kier molecular flexibility index (Phi) is 6.07. The van der Waals surface area contributed by atoms with E-state index in [1.165, 1.54) is 10.8 Å². The zero-order valence-corrected chi connectivity index (χ0v) is 30.5. The van der Waals surface area contributed by atoms with Crippen LogP contribution in [0.25, 0.3) is 111 Å². The molecule has 266 valence electrons. The third-order valence-corrected chi connectivity index (χ3v) is 11.8. The van der Waals surface area contributed by atoms with E-state index in [1.54, 1.807) is 0 Å². The molecule has 57 heavy (non-hydrogen) atoms. The van der Waals surface area contributed by atoms with Gasteiger partial charge in [-0.05, 0) is 78.4 Å². The standard InChI is InChI=1S/C51H31N5O/c1-2-13-33(14-3-1)55-45-22-9-10-23-46(45)56-48-40-17-5-8-21-43(40)54(50(48)52-51(55)56)35-29-30-44-41(31-35)37-15-4-7-20-42(37)53(44)34-27-25-32(26-28-34)36-18-12-19-39-38-16-6-11-24-47(38)57-49(36)39/h1-31H. The average molecular weight is 730 g/mol. The summed E-state index contributed by atoms with van der Waals surface area (Å²) in [6.45, 7) is 0. The fourth-order valence-corrected chi connectivity index (χ4v) is 9.34. The summed E-state index contributed by atoms with van der Waals surface area (Å²) >= 11 is 0. The lowest BCUT2D eigenvalue weighted by Gasteiger charge is -2.11. The van der Waals surface area contributed by atoms with Crippen LogP contribution in [0.15, 0.2) is 192 Å². The molecule has 0 aliphatic rings. The number of para-hydroxylation sites is 7. The van der Waals surface area contributed by atoms with Crippen molar-refractivity contribution in [1.29, 1.82) is 0 Å². The van der Waals surface area contributed by atoms with Crippen LogP contribution in [0.4, 0.5) is 0 Å². The van der Waals surface area contributed by atoms with E-state index in [9.17, 15) is 0 Å². The molecule has 0 saturated heterocycles. The largest absolute Gasteiger partial charge is 0.455 e. The molecule has 0 spiro atoms. The van der Waals surface area contributed by atoms with E-state index in [2.05, 4.69) is 194 Å². The van der Waals surface area contributed by atoms with Crippen LogP contribution in [-0.4, -0.2) is 23.1 Å². The van der Waals surface area contributed by atoms with Gasteiger partial charge in [0, 0.05) is 49.6 Å². The minimum Gasteiger partial charge on any atom is -0.455 e. The van der Waals surface area contributed by atoms with Gasteiger partial charge in [-0.15, -0.1) is 0 Å². The molecule has 0 bridgehead atoms. The highest BCUT2D eigenvalue weighted by Crippen LogP contribution is 2.40. The number of benzene rings is 8. The van der Waals surface area contributed by atoms with Gasteiger partial charge in [-0.3, -0.25) is 13.5 Å². The van der Waals surface area contributed by atoms with E-state index in [0.717, 1.165) is 100 Å². The van der Waals surface area contributed by atoms with Gasteiger partial charge in [-0.2, -0.15) is 4.98 Å². The van der Waals surface area contributed by atoms with Crippen molar-refractivity contribution in [2.24, 2.45) is 0 Å². The van der Waals surface area contributed by atoms with Crippen molar-refractivity contribution in [1.82, 2.24) is 23.1 Å². The Labute approximate surface area is 325 Å². The van der Waals surface area contributed by atoms with E-state index in [-0.39, 0.29) is 0 Å². The van der Waals surface area contributed by atoms with Gasteiger partial charge in [-0.1, -0.05) is 115 Å². The van der Waals surface area contributed by atoms with Gasteiger partial charge in [-0.25, -0.2) is 0 Å². The quantitative estimate of drug-likeness (QED) is 0.181. The monoisotopic (exact) mass is 729 g/mol. The third-order valence-electron chi connectivity index (χ3n) is 11.8. The minimum atomic E-state index is 0.893. The molecule has 5 heterocycles. The second-order valence-corrected chi connectivity index (χ2v) is 14.8. The van der Waals surface area contributed by atoms with E-state index in [0.29, 0.717) is 0 Å². The fourth-order valence-electron chi connectivity index (χ4n) is 9.34. The molecule has 0 radical (unpaired) electrons. The first-order valence-electron chi connectivity index (χ1n) is 19.3. The lowest BCUT2D eigenvalue weighted by atomic mass is 10.0. The van der Waals surface area contributed by atoms with Crippen molar-refractivity contribution < 1.29 is 4.42 Å². The maximum atomic E-state index is 6.39. The number of rotatable bonds is 4. The molecule has 0 amide bonds. The number of nitrogens with zero attached hydrogens (tertiary/aromatic N) is 5. The summed E-state index contributed by atoms with van der Waals surface area (Å²) in [5.74, 6) is 0.893. The Bertz CT molecular complexity index is 3740. The van der Waals surface area contributed by atoms with E-state index >= 15 is 0 Å². The third kappa shape index (κ3) is 4.16. The zero-order chi connectivity index (χ0) is 37.2. The van der Waals surface area contributed by atoms with Gasteiger partial charge in [0.15, 0.2) is 5.65 Å². The highest BCUT2D eigenvalue weighted by molar-refractivity contribution is 6.13. The maximum absolute atomic E-state index is 6.39. The molecule has 0 aliphatic carbocycles. The van der Waals surface area contributed by atoms with Crippen LogP contribution in [0.1, 0.15) is 0 Å². The Hall–Kier alpha value is -7.83. The molecule has 6 heteroatoms. The van der Waals surface area contributed by atoms with Gasteiger partial charge < -0.3 is 8.98 Å². The van der Waals surface area contributed by atoms with E-state index in [4.69, 9.17) is 9.40 Å². The molecular weight excluding hydrogens is 699 g/mol. The number of furan rings is 1. The number of fused-ring (bicyclic) bond motifs is 13. The van der Waals surface area contributed by atoms with E-state index < -0.39 is 0 Å². The van der Waals surface area contributed by atoms with Gasteiger partial charge in [0.2, 0.25) is 5.78 Å². The molecule has 0 saturated carbocycles. The summed E-state index contributed by atoms with van der Waals surface area (Å²) in [7, 11) is 0. The maximum Gasteiger partial charge on any atom is 0.222 e. The minimum absolute atomic E-state index is 0.893. The first-order valence-corrected chi connectivity index (χ1v) is 19.3. The predicted octanol–water partition coefficient (Wildman–Crippen LogP) is 13.0. The molecule has 0 unspecified atom stereocenters. The summed E-state index contributed by atoms with van der Waals surface area (Å²) in [6.07, 6.45) is 0. The first-order chi connectivity index (χ1) is 28.3. The molecular formula is C51H31N5O. The van der Waals surface area contributed by atoms with Crippen LogP contribution < -0.4 is 0 Å². The molecule has 0 fully saturated rings. The van der Waals surface area contributed by atoms with Crippen LogP contribution in [0.5, 0.6) is 0 Å². The Morgan fingerprint density at radius 3 is 1.82 bits per heavy atom. The summed E-state index contributed by atoms with van der Waals surface area (Å²) in [6, 6.07) is 66.9. The van der Waals surface area contributed by atoms with Crippen molar-refractivity contribution in [3.05, 3.63) is 188 Å². The number of hydrogen-bond acceptors (Lipinski definition) is 2. The normalized spacial score (nSPS) is 12.2. The van der Waals surface area contributed by atoms with Crippen molar-refractivity contribution in [3.63, 3.8) is 0 Å². The molecule has 13 aromatic rings. The molecule has 13 rings (SSSR count). The highest BCUT2D eigenvalue weighted by atomic mass is 16.3. The summed E-state index contributed by atoms with van der Waals surface area (Å²) in [5.41, 5.74) is 15.0. The second-order valence-electron chi connectivity index (χ2n) is 14.8. The molecule has 0 atom stereocenters. The SMILES string of the molecule is c1ccc(-n2c3ccccc3n3c4c5ccccc5n(-c5ccc6c(c5)c5ccccc5n6-c5ccc(-c6cccc7c6oc6ccccc67)cc5)c4nc23)cc1. The van der Waals surface area contributed by atoms with Crippen LogP contribution in [-0.2, 0) is 0 Å². The summed E-state index contributed by atoms with van der Waals surface area (Å²) < 4.78 is 15.7. The molecule has 0 N–H and O–H groups in total. The van der Waals surface area contributed by atoms with E-state index in [1.807, 2.05) is 12.1 Å².